The van der Waals surface area contributed by atoms with E-state index in [9.17, 15) is 0 Å². The lowest BCUT2D eigenvalue weighted by atomic mass is 9.90. The average molecular weight is 267 g/mol. The van der Waals surface area contributed by atoms with E-state index in [0.717, 1.165) is 25.9 Å². The molecule has 0 amide bonds. The average Bonchev–Trinajstić information content (AvgIpc) is 2.47. The van der Waals surface area contributed by atoms with Crippen LogP contribution >= 0.6 is 0 Å². The van der Waals surface area contributed by atoms with Crippen molar-refractivity contribution in [1.29, 1.82) is 0 Å². The summed E-state index contributed by atoms with van der Waals surface area (Å²) in [5, 5.41) is 0. The van der Waals surface area contributed by atoms with Crippen molar-refractivity contribution >= 4 is 10.5 Å². The molecule has 0 fully saturated rings. The fourth-order valence-electron chi connectivity index (χ4n) is 2.40. The molecule has 0 aliphatic rings. The van der Waals surface area contributed by atoms with Gasteiger partial charge in [0.2, 0.25) is 10.5 Å². The summed E-state index contributed by atoms with van der Waals surface area (Å²) in [5.41, 5.74) is 2.80. The molecule has 3 radical (unpaired) electrons. The highest BCUT2D eigenvalue weighted by Crippen LogP contribution is 2.18. The zero-order valence-corrected chi connectivity index (χ0v) is 12.1. The highest BCUT2D eigenvalue weighted by molar-refractivity contribution is 5.97. The standard InChI is InChI=1S/C17H19OSi/c19-18-12-11-17(13-15-7-3-1-4-8-15)14-16-9-5-2-6-10-16/h1-10,17H,11-14H2. The first-order valence-corrected chi connectivity index (χ1v) is 7.15. The van der Waals surface area contributed by atoms with Crippen LogP contribution in [0.3, 0.4) is 0 Å². The van der Waals surface area contributed by atoms with Gasteiger partial charge in [0.25, 0.3) is 0 Å². The summed E-state index contributed by atoms with van der Waals surface area (Å²) in [6.45, 7) is 0.751. The van der Waals surface area contributed by atoms with Gasteiger partial charge in [-0.15, -0.1) is 0 Å². The molecule has 0 aliphatic carbocycles. The molecule has 0 saturated carbocycles. The summed E-state index contributed by atoms with van der Waals surface area (Å²) < 4.78 is 5.05. The summed E-state index contributed by atoms with van der Waals surface area (Å²) >= 11 is 0. The topological polar surface area (TPSA) is 9.23 Å². The van der Waals surface area contributed by atoms with Gasteiger partial charge in [0.05, 0.1) is 0 Å². The van der Waals surface area contributed by atoms with Crippen molar-refractivity contribution < 1.29 is 4.43 Å². The SMILES string of the molecule is [Si]OCCC(Cc1ccccc1)Cc1ccccc1. The first-order valence-electron chi connectivity index (χ1n) is 6.75. The van der Waals surface area contributed by atoms with Gasteiger partial charge in [0.1, 0.15) is 0 Å². The predicted octanol–water partition coefficient (Wildman–Crippen LogP) is 3.58. The third-order valence-corrected chi connectivity index (χ3v) is 3.57. The number of hydrogen-bond acceptors (Lipinski definition) is 1. The molecule has 0 bridgehead atoms. The van der Waals surface area contributed by atoms with Gasteiger partial charge >= 0.3 is 0 Å². The highest BCUT2D eigenvalue weighted by Gasteiger charge is 2.10. The molecule has 0 saturated heterocycles. The van der Waals surface area contributed by atoms with Gasteiger partial charge in [0, 0.05) is 6.61 Å². The van der Waals surface area contributed by atoms with E-state index in [1.54, 1.807) is 0 Å². The van der Waals surface area contributed by atoms with Gasteiger partial charge in [-0.3, -0.25) is 0 Å². The summed E-state index contributed by atoms with van der Waals surface area (Å²) in [6, 6.07) is 21.4. The molecular formula is C17H19OSi. The molecule has 0 spiro atoms. The predicted molar refractivity (Wildman–Crippen MR) is 80.1 cm³/mol. The maximum Gasteiger partial charge on any atom is 0.246 e. The Kier molecular flexibility index (Phi) is 5.85. The van der Waals surface area contributed by atoms with Crippen LogP contribution in [0, 0.1) is 5.92 Å². The monoisotopic (exact) mass is 267 g/mol. The van der Waals surface area contributed by atoms with E-state index in [2.05, 4.69) is 71.1 Å². The lowest BCUT2D eigenvalue weighted by Crippen LogP contribution is -2.11. The van der Waals surface area contributed by atoms with Gasteiger partial charge < -0.3 is 4.43 Å². The van der Waals surface area contributed by atoms with Crippen LogP contribution in [-0.2, 0) is 17.3 Å². The van der Waals surface area contributed by atoms with Gasteiger partial charge in [-0.05, 0) is 36.3 Å². The van der Waals surface area contributed by atoms with Crippen molar-refractivity contribution in [3.63, 3.8) is 0 Å². The molecule has 2 rings (SSSR count). The van der Waals surface area contributed by atoms with Gasteiger partial charge in [0.15, 0.2) is 0 Å². The Hall–Kier alpha value is -1.38. The van der Waals surface area contributed by atoms with Crippen LogP contribution in [0.1, 0.15) is 17.5 Å². The van der Waals surface area contributed by atoms with Crippen LogP contribution in [0.2, 0.25) is 0 Å². The third-order valence-electron chi connectivity index (χ3n) is 3.36. The molecule has 2 heteroatoms. The molecule has 0 N–H and O–H groups in total. The quantitative estimate of drug-likeness (QED) is 0.697. The zero-order chi connectivity index (χ0) is 13.3. The molecule has 2 aromatic rings. The molecule has 0 unspecified atom stereocenters. The largest absolute Gasteiger partial charge is 0.419 e. The second-order valence-corrected chi connectivity index (χ2v) is 5.17. The van der Waals surface area contributed by atoms with Crippen molar-refractivity contribution in [3.05, 3.63) is 71.8 Å². The first kappa shape index (κ1) is 14.0. The number of hydrogen-bond donors (Lipinski definition) is 0. The van der Waals surface area contributed by atoms with E-state index in [0.29, 0.717) is 5.92 Å². The van der Waals surface area contributed by atoms with E-state index in [4.69, 9.17) is 4.43 Å². The van der Waals surface area contributed by atoms with Crippen LogP contribution in [0.5, 0.6) is 0 Å². The van der Waals surface area contributed by atoms with Crippen LogP contribution in [0.25, 0.3) is 0 Å². The van der Waals surface area contributed by atoms with E-state index in [1.807, 2.05) is 0 Å². The second-order valence-electron chi connectivity index (χ2n) is 4.88. The molecule has 97 valence electrons. The van der Waals surface area contributed by atoms with Gasteiger partial charge in [-0.2, -0.15) is 0 Å². The smallest absolute Gasteiger partial charge is 0.246 e. The van der Waals surface area contributed by atoms with Gasteiger partial charge in [-0.25, -0.2) is 0 Å². The second kappa shape index (κ2) is 7.92. The van der Waals surface area contributed by atoms with Gasteiger partial charge in [-0.1, -0.05) is 60.7 Å². The van der Waals surface area contributed by atoms with Crippen LogP contribution in [-0.4, -0.2) is 17.1 Å². The summed E-state index contributed by atoms with van der Waals surface area (Å²) in [6.07, 6.45) is 3.27. The lowest BCUT2D eigenvalue weighted by Gasteiger charge is -2.17. The fraction of sp³-hybridized carbons (Fsp3) is 0.294. The normalized spacial score (nSPS) is 10.8. The zero-order valence-electron chi connectivity index (χ0n) is 11.1. The molecule has 0 aliphatic heterocycles. The molecule has 0 atom stereocenters. The summed E-state index contributed by atoms with van der Waals surface area (Å²) in [4.78, 5) is 0. The highest BCUT2D eigenvalue weighted by atomic mass is 28.2. The van der Waals surface area contributed by atoms with Crippen molar-refractivity contribution in [2.45, 2.75) is 19.3 Å². The molecule has 0 aromatic heterocycles. The molecule has 19 heavy (non-hydrogen) atoms. The molecule has 2 aromatic carbocycles. The van der Waals surface area contributed by atoms with E-state index < -0.39 is 0 Å². The summed E-state index contributed by atoms with van der Waals surface area (Å²) in [5.74, 6) is 0.612. The van der Waals surface area contributed by atoms with Crippen LogP contribution < -0.4 is 0 Å². The Morgan fingerprint density at radius 3 is 1.68 bits per heavy atom. The van der Waals surface area contributed by atoms with Crippen molar-refractivity contribution in [1.82, 2.24) is 0 Å². The Morgan fingerprint density at radius 2 is 1.26 bits per heavy atom. The van der Waals surface area contributed by atoms with Crippen LogP contribution in [0.15, 0.2) is 60.7 Å². The molecule has 1 nitrogen and oxygen atoms in total. The Bertz CT molecular complexity index is 414. The minimum absolute atomic E-state index is 0.612. The Balaban J connectivity index is 1.99. The molecule has 0 heterocycles. The van der Waals surface area contributed by atoms with Crippen molar-refractivity contribution in [2.75, 3.05) is 6.61 Å². The molecular weight excluding hydrogens is 248 g/mol. The van der Waals surface area contributed by atoms with E-state index in [-0.39, 0.29) is 0 Å². The third kappa shape index (κ3) is 5.01. The number of rotatable bonds is 7. The van der Waals surface area contributed by atoms with Crippen LogP contribution in [0.4, 0.5) is 0 Å². The van der Waals surface area contributed by atoms with E-state index >= 15 is 0 Å². The van der Waals surface area contributed by atoms with E-state index in [1.165, 1.54) is 11.1 Å². The minimum atomic E-state index is 0.612. The first-order chi connectivity index (χ1) is 9.38. The summed E-state index contributed by atoms with van der Waals surface area (Å²) in [7, 11) is 3.10. The minimum Gasteiger partial charge on any atom is -0.419 e. The fourth-order valence-corrected chi connectivity index (χ4v) is 2.51. The Labute approximate surface area is 119 Å². The van der Waals surface area contributed by atoms with Crippen molar-refractivity contribution in [2.24, 2.45) is 5.92 Å². The maximum atomic E-state index is 5.05. The van der Waals surface area contributed by atoms with Crippen molar-refractivity contribution in [3.8, 4) is 0 Å². The number of benzene rings is 2. The lowest BCUT2D eigenvalue weighted by molar-refractivity contribution is 0.298. The maximum absolute atomic E-state index is 5.05. The Morgan fingerprint density at radius 1 is 0.789 bits per heavy atom.